The molecular weight excluding hydrogens is 268 g/mol. The summed E-state index contributed by atoms with van der Waals surface area (Å²) < 4.78 is 4.96. The second-order valence-corrected chi connectivity index (χ2v) is 4.30. The number of hydrogen-bond acceptors (Lipinski definition) is 3. The van der Waals surface area contributed by atoms with E-state index in [4.69, 9.17) is 4.74 Å². The number of methoxy groups -OCH3 is 1. The third-order valence-electron chi connectivity index (χ3n) is 2.65. The molecule has 3 N–H and O–H groups in total. The van der Waals surface area contributed by atoms with Crippen molar-refractivity contribution in [3.63, 3.8) is 0 Å². The predicted molar refractivity (Wildman–Crippen MR) is 84.6 cm³/mol. The molecule has 0 bridgehead atoms. The Morgan fingerprint density at radius 1 is 1.14 bits per heavy atom. The molecule has 1 aromatic carbocycles. The Morgan fingerprint density at radius 2 is 1.86 bits per heavy atom. The van der Waals surface area contributed by atoms with Gasteiger partial charge in [0.2, 0.25) is 0 Å². The van der Waals surface area contributed by atoms with Gasteiger partial charge in [-0.25, -0.2) is 0 Å². The van der Waals surface area contributed by atoms with Gasteiger partial charge in [-0.05, 0) is 19.1 Å². The van der Waals surface area contributed by atoms with Crippen molar-refractivity contribution < 1.29 is 9.53 Å². The lowest BCUT2D eigenvalue weighted by molar-refractivity contribution is 0.0954. The van der Waals surface area contributed by atoms with Gasteiger partial charge in [0.15, 0.2) is 5.96 Å². The van der Waals surface area contributed by atoms with Crippen LogP contribution in [0, 0.1) is 0 Å². The predicted octanol–water partition coefficient (Wildman–Crippen LogP) is 0.618. The largest absolute Gasteiger partial charge is 0.383 e. The van der Waals surface area contributed by atoms with Gasteiger partial charge in [0.05, 0.1) is 13.2 Å². The van der Waals surface area contributed by atoms with Crippen LogP contribution in [-0.2, 0) is 4.74 Å². The number of ether oxygens (including phenoxy) is 1. The van der Waals surface area contributed by atoms with Crippen LogP contribution in [0.4, 0.5) is 0 Å². The molecule has 1 rings (SSSR count). The molecule has 0 heterocycles. The van der Waals surface area contributed by atoms with Crippen LogP contribution in [-0.4, -0.2) is 51.8 Å². The molecule has 0 radical (unpaired) electrons. The Balaban J connectivity index is 2.27. The number of aliphatic imine (C=N–C) groups is 1. The van der Waals surface area contributed by atoms with Gasteiger partial charge in [0, 0.05) is 32.3 Å². The highest BCUT2D eigenvalue weighted by Crippen LogP contribution is 1.96. The Morgan fingerprint density at radius 3 is 2.52 bits per heavy atom. The van der Waals surface area contributed by atoms with E-state index in [9.17, 15) is 4.79 Å². The SMILES string of the molecule is CCNC(=NCCOC)NCCNC(=O)c1ccccc1. The molecule has 0 aliphatic carbocycles. The number of nitrogens with zero attached hydrogens (tertiary/aromatic N) is 1. The van der Waals surface area contributed by atoms with E-state index in [1.165, 1.54) is 0 Å². The molecule has 0 unspecified atom stereocenters. The normalized spacial score (nSPS) is 11.0. The van der Waals surface area contributed by atoms with Gasteiger partial charge in [0.1, 0.15) is 0 Å². The average molecular weight is 292 g/mol. The van der Waals surface area contributed by atoms with Crippen LogP contribution in [0.15, 0.2) is 35.3 Å². The molecule has 0 atom stereocenters. The maximum absolute atomic E-state index is 11.8. The first-order chi connectivity index (χ1) is 10.3. The van der Waals surface area contributed by atoms with Crippen LogP contribution in [0.2, 0.25) is 0 Å². The molecule has 6 nitrogen and oxygen atoms in total. The number of carbonyl (C=O) groups excluding carboxylic acids is 1. The second kappa shape index (κ2) is 10.7. The molecule has 116 valence electrons. The lowest BCUT2D eigenvalue weighted by Crippen LogP contribution is -2.41. The first-order valence-corrected chi connectivity index (χ1v) is 7.12. The van der Waals surface area contributed by atoms with Crippen molar-refractivity contribution in [1.82, 2.24) is 16.0 Å². The maximum atomic E-state index is 11.8. The quantitative estimate of drug-likeness (QED) is 0.373. The van der Waals surface area contributed by atoms with E-state index in [2.05, 4.69) is 20.9 Å². The molecule has 0 saturated heterocycles. The van der Waals surface area contributed by atoms with E-state index in [0.29, 0.717) is 31.8 Å². The zero-order valence-corrected chi connectivity index (χ0v) is 12.7. The van der Waals surface area contributed by atoms with E-state index in [1.54, 1.807) is 19.2 Å². The van der Waals surface area contributed by atoms with E-state index in [-0.39, 0.29) is 5.91 Å². The van der Waals surface area contributed by atoms with Crippen molar-refractivity contribution in [1.29, 1.82) is 0 Å². The number of hydrogen-bond donors (Lipinski definition) is 3. The molecular formula is C15H24N4O2. The fourth-order valence-electron chi connectivity index (χ4n) is 1.64. The van der Waals surface area contributed by atoms with Gasteiger partial charge in [0.25, 0.3) is 5.91 Å². The molecule has 1 aromatic rings. The summed E-state index contributed by atoms with van der Waals surface area (Å²) in [5.74, 6) is 0.655. The number of amides is 1. The fourth-order valence-corrected chi connectivity index (χ4v) is 1.64. The molecule has 0 aromatic heterocycles. The zero-order chi connectivity index (χ0) is 15.3. The third kappa shape index (κ3) is 7.31. The Kier molecular flexibility index (Phi) is 8.63. The number of guanidine groups is 1. The van der Waals surface area contributed by atoms with Crippen LogP contribution in [0.1, 0.15) is 17.3 Å². The smallest absolute Gasteiger partial charge is 0.251 e. The molecule has 0 saturated carbocycles. The summed E-state index contributed by atoms with van der Waals surface area (Å²) in [5.41, 5.74) is 0.665. The summed E-state index contributed by atoms with van der Waals surface area (Å²) in [5, 5.41) is 9.14. The van der Waals surface area contributed by atoms with Crippen molar-refractivity contribution in [2.24, 2.45) is 4.99 Å². The zero-order valence-electron chi connectivity index (χ0n) is 12.7. The molecule has 1 amide bonds. The minimum Gasteiger partial charge on any atom is -0.383 e. The number of rotatable bonds is 8. The van der Waals surface area contributed by atoms with Crippen LogP contribution in [0.25, 0.3) is 0 Å². The first kappa shape index (κ1) is 17.0. The monoisotopic (exact) mass is 292 g/mol. The van der Waals surface area contributed by atoms with E-state index < -0.39 is 0 Å². The van der Waals surface area contributed by atoms with Gasteiger partial charge in [-0.3, -0.25) is 9.79 Å². The minimum atomic E-state index is -0.0706. The summed E-state index contributed by atoms with van der Waals surface area (Å²) in [6, 6.07) is 9.16. The summed E-state index contributed by atoms with van der Waals surface area (Å²) in [4.78, 5) is 16.2. The molecule has 21 heavy (non-hydrogen) atoms. The van der Waals surface area contributed by atoms with Crippen molar-refractivity contribution in [2.75, 3.05) is 39.9 Å². The molecule has 0 aliphatic heterocycles. The van der Waals surface area contributed by atoms with E-state index in [1.807, 2.05) is 25.1 Å². The molecule has 0 spiro atoms. The maximum Gasteiger partial charge on any atom is 0.251 e. The number of carbonyl (C=O) groups is 1. The summed E-state index contributed by atoms with van der Waals surface area (Å²) in [6.45, 7) is 5.11. The second-order valence-electron chi connectivity index (χ2n) is 4.30. The van der Waals surface area contributed by atoms with E-state index >= 15 is 0 Å². The van der Waals surface area contributed by atoms with Crippen LogP contribution in [0.3, 0.4) is 0 Å². The minimum absolute atomic E-state index is 0.0706. The lowest BCUT2D eigenvalue weighted by Gasteiger charge is -2.11. The summed E-state index contributed by atoms with van der Waals surface area (Å²) in [6.07, 6.45) is 0. The fraction of sp³-hybridized carbons (Fsp3) is 0.467. The van der Waals surface area contributed by atoms with Crippen molar-refractivity contribution >= 4 is 11.9 Å². The van der Waals surface area contributed by atoms with Crippen molar-refractivity contribution in [3.05, 3.63) is 35.9 Å². The Hall–Kier alpha value is -2.08. The Labute approximate surface area is 126 Å². The van der Waals surface area contributed by atoms with Gasteiger partial charge < -0.3 is 20.7 Å². The van der Waals surface area contributed by atoms with E-state index in [0.717, 1.165) is 12.5 Å². The van der Waals surface area contributed by atoms with Crippen molar-refractivity contribution in [2.45, 2.75) is 6.92 Å². The lowest BCUT2D eigenvalue weighted by atomic mass is 10.2. The summed E-state index contributed by atoms with van der Waals surface area (Å²) >= 11 is 0. The van der Waals surface area contributed by atoms with Crippen LogP contribution in [0.5, 0.6) is 0 Å². The van der Waals surface area contributed by atoms with Gasteiger partial charge >= 0.3 is 0 Å². The van der Waals surface area contributed by atoms with Gasteiger partial charge in [-0.1, -0.05) is 18.2 Å². The van der Waals surface area contributed by atoms with Gasteiger partial charge in [-0.15, -0.1) is 0 Å². The first-order valence-electron chi connectivity index (χ1n) is 7.12. The van der Waals surface area contributed by atoms with Crippen LogP contribution >= 0.6 is 0 Å². The highest BCUT2D eigenvalue weighted by atomic mass is 16.5. The molecule has 0 aliphatic rings. The molecule has 0 fully saturated rings. The highest BCUT2D eigenvalue weighted by Gasteiger charge is 2.03. The number of nitrogens with one attached hydrogen (secondary N) is 3. The third-order valence-corrected chi connectivity index (χ3v) is 2.65. The van der Waals surface area contributed by atoms with Crippen molar-refractivity contribution in [3.8, 4) is 0 Å². The summed E-state index contributed by atoms with van der Waals surface area (Å²) in [7, 11) is 1.65. The van der Waals surface area contributed by atoms with Crippen LogP contribution < -0.4 is 16.0 Å². The average Bonchev–Trinajstić information content (AvgIpc) is 2.52. The standard InChI is InChI=1S/C15H24N4O2/c1-3-16-15(19-11-12-21-2)18-10-9-17-14(20)13-7-5-4-6-8-13/h4-8H,3,9-12H2,1-2H3,(H,17,20)(H2,16,18,19). The molecule has 6 heteroatoms. The number of benzene rings is 1. The highest BCUT2D eigenvalue weighted by molar-refractivity contribution is 5.94. The topological polar surface area (TPSA) is 74.8 Å². The Bertz CT molecular complexity index is 435. The van der Waals surface area contributed by atoms with Gasteiger partial charge in [-0.2, -0.15) is 0 Å².